The predicted octanol–water partition coefficient (Wildman–Crippen LogP) is 7.92. The van der Waals surface area contributed by atoms with Gasteiger partial charge in [0.1, 0.15) is 12.2 Å². The molecule has 0 aromatic heterocycles. The average molecular weight is 806 g/mol. The zero-order valence-electron chi connectivity index (χ0n) is 32.1. The summed E-state index contributed by atoms with van der Waals surface area (Å²) in [6.07, 6.45) is 6.94. The van der Waals surface area contributed by atoms with Crippen LogP contribution in [0, 0.1) is 5.92 Å². The van der Waals surface area contributed by atoms with E-state index in [-0.39, 0.29) is 77.6 Å². The molecular formula is C38H72N2O10Y. The van der Waals surface area contributed by atoms with Crippen molar-refractivity contribution in [3.8, 4) is 0 Å². The minimum Gasteiger partial charge on any atom is -0.462 e. The number of hydrogen-bond donors (Lipinski definition) is 1. The van der Waals surface area contributed by atoms with Crippen LogP contribution in [0.15, 0.2) is 0 Å². The standard InChI is InChI=1S/C36H64N2O10.2CH4.Y/c1-25(2)31(41)44-24-45-32(42)26(3)48-38-35(8,9)22-28(23-36(38,10)11)47-30(40)19-17-15-13-12-14-16-18-29(39)46-27-20-33(4,5)37(43)34(6,7)21-27;;;/h25-28,43H,12-24H2,1-11H3;2*1H4;. The van der Waals surface area contributed by atoms with Crippen LogP contribution in [0.5, 0.6) is 0 Å². The molecule has 1 N–H and O–H groups in total. The van der Waals surface area contributed by atoms with Crippen molar-refractivity contribution >= 4 is 23.9 Å². The molecule has 0 amide bonds. The van der Waals surface area contributed by atoms with Crippen LogP contribution >= 0.6 is 0 Å². The Kier molecular flexibility index (Phi) is 22.7. The number of ether oxygens (including phenoxy) is 4. The summed E-state index contributed by atoms with van der Waals surface area (Å²) in [5.41, 5.74) is -1.99. The minimum absolute atomic E-state index is 0. The first kappa shape index (κ1) is 51.9. The number of carbonyl (C=O) groups excluding carboxylic acids is 4. The molecule has 51 heavy (non-hydrogen) atoms. The smallest absolute Gasteiger partial charge is 0.339 e. The first-order valence-electron chi connectivity index (χ1n) is 17.8. The fraction of sp³-hybridized carbons (Fsp3) is 0.895. The van der Waals surface area contributed by atoms with Crippen molar-refractivity contribution in [3.05, 3.63) is 0 Å². The largest absolute Gasteiger partial charge is 0.462 e. The Morgan fingerprint density at radius 1 is 0.627 bits per heavy atom. The maximum absolute atomic E-state index is 12.7. The van der Waals surface area contributed by atoms with Gasteiger partial charge in [-0.05, 0) is 75.2 Å². The van der Waals surface area contributed by atoms with E-state index in [1.807, 2.05) is 55.4 Å². The van der Waals surface area contributed by atoms with Crippen LogP contribution in [0.3, 0.4) is 0 Å². The van der Waals surface area contributed by atoms with Crippen LogP contribution in [0.25, 0.3) is 0 Å². The molecule has 2 aliphatic heterocycles. The summed E-state index contributed by atoms with van der Waals surface area (Å²) in [5.74, 6) is -1.80. The number of nitrogens with zero attached hydrogens (tertiary/aromatic N) is 2. The van der Waals surface area contributed by atoms with Gasteiger partial charge in [-0.1, -0.05) is 54.4 Å². The normalized spacial score (nSPS) is 20.5. The SMILES string of the molecule is C.C.CC(C)C(=O)OCOC(=O)C(C)ON1C(C)(C)CC(OC(=O)CCCCCCCCC(=O)OC2CC(C)(C)N(O)C(C)(C)C2)CC1(C)C.[Y]. The molecule has 0 aromatic rings. The molecule has 0 saturated carbocycles. The monoisotopic (exact) mass is 805 g/mol. The molecule has 13 heteroatoms. The maximum Gasteiger partial charge on any atom is 0.339 e. The van der Waals surface area contributed by atoms with E-state index in [2.05, 4.69) is 0 Å². The molecule has 1 atom stereocenters. The average Bonchev–Trinajstić information content (AvgIpc) is 2.93. The van der Waals surface area contributed by atoms with E-state index in [1.54, 1.807) is 25.8 Å². The van der Waals surface area contributed by atoms with Gasteiger partial charge < -0.3 is 24.2 Å². The number of esters is 4. The minimum atomic E-state index is -0.926. The van der Waals surface area contributed by atoms with Crippen molar-refractivity contribution in [1.82, 2.24) is 10.1 Å². The third-order valence-corrected chi connectivity index (χ3v) is 9.23. The Balaban J connectivity index is 0. The Hall–Kier alpha value is -1.18. The second-order valence-electron chi connectivity index (χ2n) is 16.5. The fourth-order valence-corrected chi connectivity index (χ4v) is 7.17. The number of hydroxylamine groups is 4. The second-order valence-corrected chi connectivity index (χ2v) is 16.5. The summed E-state index contributed by atoms with van der Waals surface area (Å²) in [4.78, 5) is 55.3. The summed E-state index contributed by atoms with van der Waals surface area (Å²) in [6.45, 7) is 20.3. The van der Waals surface area contributed by atoms with Crippen molar-refractivity contribution in [2.45, 2.75) is 209 Å². The second kappa shape index (κ2) is 22.3. The molecule has 297 valence electrons. The number of unbranched alkanes of at least 4 members (excludes halogenated alkanes) is 5. The Morgan fingerprint density at radius 2 is 0.980 bits per heavy atom. The summed E-state index contributed by atoms with van der Waals surface area (Å²) in [5, 5.41) is 13.6. The molecule has 0 spiro atoms. The summed E-state index contributed by atoms with van der Waals surface area (Å²) in [7, 11) is 0. The van der Waals surface area contributed by atoms with E-state index < -0.39 is 47.0 Å². The molecule has 0 bridgehead atoms. The molecular weight excluding hydrogens is 733 g/mol. The van der Waals surface area contributed by atoms with Crippen molar-refractivity contribution < 1.29 is 80.9 Å². The molecule has 2 fully saturated rings. The third kappa shape index (κ3) is 16.8. The molecule has 2 saturated heterocycles. The molecule has 1 radical (unpaired) electrons. The van der Waals surface area contributed by atoms with Crippen molar-refractivity contribution in [3.63, 3.8) is 0 Å². The van der Waals surface area contributed by atoms with Gasteiger partial charge in [-0.3, -0.25) is 19.2 Å². The van der Waals surface area contributed by atoms with E-state index in [1.165, 1.54) is 5.06 Å². The molecule has 2 heterocycles. The van der Waals surface area contributed by atoms with E-state index in [0.717, 1.165) is 38.5 Å². The number of hydrogen-bond acceptors (Lipinski definition) is 12. The van der Waals surface area contributed by atoms with Gasteiger partial charge in [-0.25, -0.2) is 4.79 Å². The van der Waals surface area contributed by atoms with Gasteiger partial charge in [0.2, 0.25) is 6.79 Å². The molecule has 1 unspecified atom stereocenters. The quantitative estimate of drug-likeness (QED) is 0.0661. The van der Waals surface area contributed by atoms with Crippen LogP contribution < -0.4 is 0 Å². The Labute approximate surface area is 334 Å². The van der Waals surface area contributed by atoms with Crippen LogP contribution in [0.2, 0.25) is 0 Å². The molecule has 0 aromatic carbocycles. The van der Waals surface area contributed by atoms with Crippen LogP contribution in [0.1, 0.15) is 168 Å². The topological polar surface area (TPSA) is 141 Å². The maximum atomic E-state index is 12.7. The number of carbonyl (C=O) groups is 4. The van der Waals surface area contributed by atoms with Crippen LogP contribution in [0.4, 0.5) is 0 Å². The first-order valence-corrected chi connectivity index (χ1v) is 17.8. The van der Waals surface area contributed by atoms with Crippen molar-refractivity contribution in [1.29, 1.82) is 0 Å². The Bertz CT molecular complexity index is 1060. The zero-order valence-corrected chi connectivity index (χ0v) is 34.9. The molecule has 2 rings (SSSR count). The van der Waals surface area contributed by atoms with Gasteiger partial charge in [0.05, 0.1) is 5.92 Å². The number of piperidine rings is 2. The molecule has 12 nitrogen and oxygen atoms in total. The van der Waals surface area contributed by atoms with Gasteiger partial charge in [-0.15, -0.1) is 0 Å². The van der Waals surface area contributed by atoms with Gasteiger partial charge in [0.15, 0.2) is 6.10 Å². The van der Waals surface area contributed by atoms with Crippen molar-refractivity contribution in [2.24, 2.45) is 5.92 Å². The van der Waals surface area contributed by atoms with Crippen LogP contribution in [-0.2, 0) is 75.7 Å². The molecule has 0 aliphatic carbocycles. The van der Waals surface area contributed by atoms with Crippen molar-refractivity contribution in [2.75, 3.05) is 6.79 Å². The summed E-state index contributed by atoms with van der Waals surface area (Å²) >= 11 is 0. The van der Waals surface area contributed by atoms with Gasteiger partial charge in [0.25, 0.3) is 0 Å². The zero-order chi connectivity index (χ0) is 36.5. The van der Waals surface area contributed by atoms with E-state index in [9.17, 15) is 24.4 Å². The number of rotatable bonds is 17. The van der Waals surface area contributed by atoms with Crippen LogP contribution in [-0.4, -0.2) is 86.5 Å². The Morgan fingerprint density at radius 3 is 1.37 bits per heavy atom. The van der Waals surface area contributed by atoms with E-state index in [0.29, 0.717) is 38.5 Å². The third-order valence-electron chi connectivity index (χ3n) is 9.23. The molecule has 2 aliphatic rings. The van der Waals surface area contributed by atoms with E-state index in [4.69, 9.17) is 23.8 Å². The fourth-order valence-electron chi connectivity index (χ4n) is 7.17. The van der Waals surface area contributed by atoms with Gasteiger partial charge >= 0.3 is 23.9 Å². The van der Waals surface area contributed by atoms with E-state index >= 15 is 0 Å². The summed E-state index contributed by atoms with van der Waals surface area (Å²) in [6, 6.07) is 0. The van der Waals surface area contributed by atoms with Gasteiger partial charge in [-0.2, -0.15) is 10.1 Å². The van der Waals surface area contributed by atoms with Gasteiger partial charge in [0, 0.05) is 93.4 Å². The summed E-state index contributed by atoms with van der Waals surface area (Å²) < 4.78 is 21.6. The predicted molar refractivity (Wildman–Crippen MR) is 193 cm³/mol. The first-order chi connectivity index (χ1) is 22.1.